The number of ether oxygens (including phenoxy) is 1. The van der Waals surface area contributed by atoms with Crippen LogP contribution in [0.15, 0.2) is 53.6 Å². The van der Waals surface area contributed by atoms with Crippen LogP contribution in [0.2, 0.25) is 5.15 Å². The molecular formula is C19H16ClN3O2. The second kappa shape index (κ2) is 7.32. The molecule has 1 heterocycles. The number of aromatic nitrogens is 1. The van der Waals surface area contributed by atoms with Gasteiger partial charge in [0.15, 0.2) is 0 Å². The maximum Gasteiger partial charge on any atom is 0.271 e. The highest BCUT2D eigenvalue weighted by Crippen LogP contribution is 2.20. The SMILES string of the molecule is COc1cccc(C(=O)NN=Cc2cc3ccc(C)cc3nc2Cl)c1. The molecule has 0 fully saturated rings. The number of carbonyl (C=O) groups excluding carboxylic acids is 1. The lowest BCUT2D eigenvalue weighted by Crippen LogP contribution is -2.17. The summed E-state index contributed by atoms with van der Waals surface area (Å²) in [6.07, 6.45) is 1.48. The third kappa shape index (κ3) is 3.95. The topological polar surface area (TPSA) is 63.6 Å². The minimum absolute atomic E-state index is 0.331. The fourth-order valence-electron chi connectivity index (χ4n) is 2.35. The predicted octanol–water partition coefficient (Wildman–Crippen LogP) is 3.97. The normalized spacial score (nSPS) is 11.0. The lowest BCUT2D eigenvalue weighted by Gasteiger charge is -2.04. The average Bonchev–Trinajstić information content (AvgIpc) is 2.62. The van der Waals surface area contributed by atoms with Gasteiger partial charge in [-0.1, -0.05) is 29.8 Å². The molecule has 2 aromatic carbocycles. The van der Waals surface area contributed by atoms with Gasteiger partial charge in [0, 0.05) is 16.5 Å². The van der Waals surface area contributed by atoms with Gasteiger partial charge in [-0.25, -0.2) is 10.4 Å². The molecule has 0 atom stereocenters. The summed E-state index contributed by atoms with van der Waals surface area (Å²) in [7, 11) is 1.55. The Bertz CT molecular complexity index is 970. The van der Waals surface area contributed by atoms with E-state index >= 15 is 0 Å². The zero-order chi connectivity index (χ0) is 17.8. The van der Waals surface area contributed by atoms with Gasteiger partial charge >= 0.3 is 0 Å². The molecule has 0 aliphatic carbocycles. The van der Waals surface area contributed by atoms with Crippen molar-refractivity contribution in [3.63, 3.8) is 0 Å². The van der Waals surface area contributed by atoms with Crippen LogP contribution in [0.5, 0.6) is 5.75 Å². The van der Waals surface area contributed by atoms with Crippen LogP contribution in [0.1, 0.15) is 21.5 Å². The average molecular weight is 354 g/mol. The lowest BCUT2D eigenvalue weighted by atomic mass is 10.1. The summed E-state index contributed by atoms with van der Waals surface area (Å²) < 4.78 is 5.10. The molecule has 0 aliphatic heterocycles. The molecule has 1 N–H and O–H groups in total. The van der Waals surface area contributed by atoms with E-state index in [0.717, 1.165) is 16.5 Å². The van der Waals surface area contributed by atoms with Gasteiger partial charge in [-0.05, 0) is 42.8 Å². The third-order valence-corrected chi connectivity index (χ3v) is 3.96. The van der Waals surface area contributed by atoms with E-state index in [-0.39, 0.29) is 5.91 Å². The Morgan fingerprint density at radius 3 is 2.88 bits per heavy atom. The molecule has 0 saturated heterocycles. The minimum atomic E-state index is -0.337. The van der Waals surface area contributed by atoms with Gasteiger partial charge in [0.25, 0.3) is 5.91 Å². The predicted molar refractivity (Wildman–Crippen MR) is 99.5 cm³/mol. The molecule has 25 heavy (non-hydrogen) atoms. The van der Waals surface area contributed by atoms with Gasteiger partial charge in [-0.2, -0.15) is 5.10 Å². The van der Waals surface area contributed by atoms with Crippen molar-refractivity contribution < 1.29 is 9.53 Å². The number of fused-ring (bicyclic) bond motifs is 1. The molecule has 0 aliphatic rings. The quantitative estimate of drug-likeness (QED) is 0.438. The Balaban J connectivity index is 1.77. The molecule has 126 valence electrons. The molecule has 5 nitrogen and oxygen atoms in total. The zero-order valence-corrected chi connectivity index (χ0v) is 14.5. The number of hydrogen-bond acceptors (Lipinski definition) is 4. The molecular weight excluding hydrogens is 338 g/mol. The van der Waals surface area contributed by atoms with Crippen molar-refractivity contribution >= 4 is 34.6 Å². The van der Waals surface area contributed by atoms with E-state index in [4.69, 9.17) is 16.3 Å². The fourth-order valence-corrected chi connectivity index (χ4v) is 2.54. The monoisotopic (exact) mass is 353 g/mol. The molecule has 6 heteroatoms. The van der Waals surface area contributed by atoms with Crippen molar-refractivity contribution in [1.82, 2.24) is 10.4 Å². The van der Waals surface area contributed by atoms with Crippen LogP contribution < -0.4 is 10.2 Å². The van der Waals surface area contributed by atoms with Crippen LogP contribution >= 0.6 is 11.6 Å². The molecule has 1 aromatic heterocycles. The second-order valence-electron chi connectivity index (χ2n) is 5.50. The summed E-state index contributed by atoms with van der Waals surface area (Å²) in [5.41, 5.74) is 5.49. The molecule has 0 spiro atoms. The van der Waals surface area contributed by atoms with Crippen molar-refractivity contribution in [2.75, 3.05) is 7.11 Å². The number of rotatable bonds is 4. The molecule has 3 aromatic rings. The fraction of sp³-hybridized carbons (Fsp3) is 0.105. The van der Waals surface area contributed by atoms with Gasteiger partial charge in [0.05, 0.1) is 18.8 Å². The van der Waals surface area contributed by atoms with E-state index < -0.39 is 0 Å². The number of aryl methyl sites for hydroxylation is 1. The Labute approximate surface area is 150 Å². The van der Waals surface area contributed by atoms with Crippen molar-refractivity contribution in [3.8, 4) is 5.75 Å². The summed E-state index contributed by atoms with van der Waals surface area (Å²) in [6, 6.07) is 14.6. The number of halogens is 1. The minimum Gasteiger partial charge on any atom is -0.497 e. The van der Waals surface area contributed by atoms with E-state index in [0.29, 0.717) is 22.0 Å². The van der Waals surface area contributed by atoms with Crippen molar-refractivity contribution in [2.45, 2.75) is 6.92 Å². The lowest BCUT2D eigenvalue weighted by molar-refractivity contribution is 0.0955. The first kappa shape index (κ1) is 16.9. The summed E-state index contributed by atoms with van der Waals surface area (Å²) in [4.78, 5) is 16.5. The van der Waals surface area contributed by atoms with Crippen molar-refractivity contribution in [3.05, 3.63) is 70.4 Å². The van der Waals surface area contributed by atoms with Gasteiger partial charge in [0.1, 0.15) is 10.9 Å². The molecule has 0 unspecified atom stereocenters. The standard InChI is InChI=1S/C19H16ClN3O2/c1-12-6-7-13-9-15(18(20)22-17(13)8-12)11-21-23-19(24)14-4-3-5-16(10-14)25-2/h3-11H,1-2H3,(H,23,24). The highest BCUT2D eigenvalue weighted by molar-refractivity contribution is 6.32. The Morgan fingerprint density at radius 2 is 2.08 bits per heavy atom. The second-order valence-corrected chi connectivity index (χ2v) is 5.85. The van der Waals surface area contributed by atoms with Gasteiger partial charge in [0.2, 0.25) is 0 Å². The van der Waals surface area contributed by atoms with Gasteiger partial charge in [-0.3, -0.25) is 4.79 Å². The van der Waals surface area contributed by atoms with E-state index in [1.807, 2.05) is 31.2 Å². The van der Waals surface area contributed by atoms with E-state index in [9.17, 15) is 4.79 Å². The Morgan fingerprint density at radius 1 is 1.24 bits per heavy atom. The molecule has 0 saturated carbocycles. The van der Waals surface area contributed by atoms with Crippen LogP contribution in [-0.4, -0.2) is 24.2 Å². The summed E-state index contributed by atoms with van der Waals surface area (Å²) >= 11 is 6.20. The number of nitrogens with one attached hydrogen (secondary N) is 1. The smallest absolute Gasteiger partial charge is 0.271 e. The molecule has 3 rings (SSSR count). The molecule has 0 bridgehead atoms. The molecule has 0 radical (unpaired) electrons. The number of carbonyl (C=O) groups is 1. The van der Waals surface area contributed by atoms with Crippen molar-refractivity contribution in [1.29, 1.82) is 0 Å². The number of amides is 1. The maximum atomic E-state index is 12.1. The number of hydrogen-bond donors (Lipinski definition) is 1. The Hall–Kier alpha value is -2.92. The van der Waals surface area contributed by atoms with Crippen LogP contribution in [0.4, 0.5) is 0 Å². The summed E-state index contributed by atoms with van der Waals surface area (Å²) in [5.74, 6) is 0.268. The van der Waals surface area contributed by atoms with Gasteiger partial charge < -0.3 is 4.74 Å². The van der Waals surface area contributed by atoms with Crippen molar-refractivity contribution in [2.24, 2.45) is 5.10 Å². The van der Waals surface area contributed by atoms with Crippen LogP contribution in [0.3, 0.4) is 0 Å². The number of hydrazone groups is 1. The largest absolute Gasteiger partial charge is 0.497 e. The van der Waals surface area contributed by atoms with Crippen LogP contribution in [0, 0.1) is 6.92 Å². The highest BCUT2D eigenvalue weighted by Gasteiger charge is 2.06. The molecule has 1 amide bonds. The Kier molecular flexibility index (Phi) is 4.95. The first-order valence-electron chi connectivity index (χ1n) is 7.61. The van der Waals surface area contributed by atoms with E-state index in [1.54, 1.807) is 31.4 Å². The summed E-state index contributed by atoms with van der Waals surface area (Å²) in [6.45, 7) is 2.00. The summed E-state index contributed by atoms with van der Waals surface area (Å²) in [5, 5.41) is 5.25. The zero-order valence-electron chi connectivity index (χ0n) is 13.8. The number of benzene rings is 2. The number of pyridine rings is 1. The highest BCUT2D eigenvalue weighted by atomic mass is 35.5. The number of methoxy groups -OCH3 is 1. The number of nitrogens with zero attached hydrogens (tertiary/aromatic N) is 2. The third-order valence-electron chi connectivity index (χ3n) is 3.66. The van der Waals surface area contributed by atoms with E-state index in [1.165, 1.54) is 6.21 Å². The first-order chi connectivity index (χ1) is 12.1. The van der Waals surface area contributed by atoms with Gasteiger partial charge in [-0.15, -0.1) is 0 Å². The maximum absolute atomic E-state index is 12.1. The van der Waals surface area contributed by atoms with E-state index in [2.05, 4.69) is 15.5 Å². The van der Waals surface area contributed by atoms with Crippen LogP contribution in [0.25, 0.3) is 10.9 Å². The van der Waals surface area contributed by atoms with Crippen LogP contribution in [-0.2, 0) is 0 Å². The first-order valence-corrected chi connectivity index (χ1v) is 7.99.